The van der Waals surface area contributed by atoms with Crippen LogP contribution in [-0.4, -0.2) is 45.9 Å². The number of hydrogen-bond donors (Lipinski definition) is 2. The Balaban J connectivity index is 1.93. The molecule has 3 amide bonds. The maximum Gasteiger partial charge on any atom is 0.410 e. The van der Waals surface area contributed by atoms with Crippen LogP contribution < -0.4 is 10.9 Å². The Kier molecular flexibility index (Phi) is 5.98. The van der Waals surface area contributed by atoms with E-state index in [4.69, 9.17) is 4.74 Å². The quantitative estimate of drug-likeness (QED) is 0.609. The second-order valence-electron chi connectivity index (χ2n) is 7.08. The maximum atomic E-state index is 12.3. The molecule has 0 spiro atoms. The van der Waals surface area contributed by atoms with Crippen LogP contribution in [0.2, 0.25) is 0 Å². The number of non-ortho nitro benzene ring substituents is 1. The maximum absolute atomic E-state index is 12.3. The topological polar surface area (TPSA) is 131 Å². The molecule has 1 aromatic rings. The molecule has 1 heterocycles. The number of nitro benzene ring substituents is 1. The lowest BCUT2D eigenvalue weighted by molar-refractivity contribution is -0.384. The van der Waals surface area contributed by atoms with Gasteiger partial charge in [0.1, 0.15) is 11.6 Å². The van der Waals surface area contributed by atoms with Crippen molar-refractivity contribution >= 4 is 23.6 Å². The number of hydrogen-bond acceptors (Lipinski definition) is 6. The molecule has 1 fully saturated rings. The Morgan fingerprint density at radius 1 is 1.19 bits per heavy atom. The van der Waals surface area contributed by atoms with E-state index in [1.54, 1.807) is 20.8 Å². The van der Waals surface area contributed by atoms with E-state index in [0.29, 0.717) is 19.4 Å². The zero-order valence-corrected chi connectivity index (χ0v) is 15.4. The Morgan fingerprint density at radius 2 is 1.81 bits per heavy atom. The molecule has 1 unspecified atom stereocenters. The van der Waals surface area contributed by atoms with Gasteiger partial charge in [-0.1, -0.05) is 0 Å². The second kappa shape index (κ2) is 8.02. The van der Waals surface area contributed by atoms with Crippen molar-refractivity contribution in [2.45, 2.75) is 45.3 Å². The van der Waals surface area contributed by atoms with Crippen molar-refractivity contribution in [3.63, 3.8) is 0 Å². The summed E-state index contributed by atoms with van der Waals surface area (Å²) in [6.45, 7) is 5.60. The van der Waals surface area contributed by atoms with Crippen LogP contribution >= 0.6 is 0 Å². The summed E-state index contributed by atoms with van der Waals surface area (Å²) in [6, 6.07) is 4.21. The van der Waals surface area contributed by atoms with Gasteiger partial charge in [-0.15, -0.1) is 0 Å². The van der Waals surface area contributed by atoms with Crippen molar-refractivity contribution < 1.29 is 24.0 Å². The predicted octanol–water partition coefficient (Wildman–Crippen LogP) is 1.76. The lowest BCUT2D eigenvalue weighted by atomic mass is 10.2. The largest absolute Gasteiger partial charge is 0.444 e. The molecule has 1 aliphatic heterocycles. The minimum atomic E-state index is -0.739. The molecule has 2 rings (SSSR count). The fraction of sp³-hybridized carbons (Fsp3) is 0.471. The molecule has 10 heteroatoms. The number of amides is 3. The Hall–Kier alpha value is -3.17. The summed E-state index contributed by atoms with van der Waals surface area (Å²) in [5, 5.41) is 10.6. The third-order valence-corrected chi connectivity index (χ3v) is 3.82. The second-order valence-corrected chi connectivity index (χ2v) is 7.08. The number of nitrogens with zero attached hydrogens (tertiary/aromatic N) is 2. The summed E-state index contributed by atoms with van der Waals surface area (Å²) in [7, 11) is 0. The van der Waals surface area contributed by atoms with E-state index in [2.05, 4.69) is 10.9 Å². The highest BCUT2D eigenvalue weighted by Crippen LogP contribution is 2.21. The minimum Gasteiger partial charge on any atom is -0.444 e. The molecule has 27 heavy (non-hydrogen) atoms. The standard InChI is InChI=1S/C17H22N4O6/c1-17(2,3)27-16(24)20-10-4-5-13(20)15(23)19-18-14(22)11-6-8-12(9-7-11)21(25)26/h6-9,13H,4-5,10H2,1-3H3,(H,18,22)(H,19,23). The number of carbonyl (C=O) groups excluding carboxylic acids is 3. The van der Waals surface area contributed by atoms with E-state index in [1.165, 1.54) is 29.2 Å². The van der Waals surface area contributed by atoms with E-state index in [-0.39, 0.29) is 11.3 Å². The summed E-state index contributed by atoms with van der Waals surface area (Å²) in [5.41, 5.74) is 3.86. The number of likely N-dealkylation sites (tertiary alicyclic amines) is 1. The van der Waals surface area contributed by atoms with Gasteiger partial charge in [0.15, 0.2) is 0 Å². The van der Waals surface area contributed by atoms with Crippen molar-refractivity contribution in [1.29, 1.82) is 0 Å². The SMILES string of the molecule is CC(C)(C)OC(=O)N1CCCC1C(=O)NNC(=O)c1ccc([N+](=O)[O-])cc1. The van der Waals surface area contributed by atoms with Crippen LogP contribution in [-0.2, 0) is 9.53 Å². The molecule has 1 aromatic carbocycles. The molecule has 0 aliphatic carbocycles. The van der Waals surface area contributed by atoms with Gasteiger partial charge in [0.25, 0.3) is 17.5 Å². The van der Waals surface area contributed by atoms with Crippen LogP contribution in [0.1, 0.15) is 44.0 Å². The lowest BCUT2D eigenvalue weighted by Crippen LogP contribution is -2.52. The summed E-state index contributed by atoms with van der Waals surface area (Å²) >= 11 is 0. The Bertz CT molecular complexity index is 741. The van der Waals surface area contributed by atoms with Gasteiger partial charge in [0.05, 0.1) is 4.92 Å². The fourth-order valence-corrected chi connectivity index (χ4v) is 2.59. The van der Waals surface area contributed by atoms with Gasteiger partial charge in [0, 0.05) is 24.2 Å². The minimum absolute atomic E-state index is 0.144. The highest BCUT2D eigenvalue weighted by molar-refractivity contribution is 5.96. The van der Waals surface area contributed by atoms with Gasteiger partial charge in [-0.25, -0.2) is 4.79 Å². The van der Waals surface area contributed by atoms with E-state index in [9.17, 15) is 24.5 Å². The van der Waals surface area contributed by atoms with Crippen LogP contribution in [0.4, 0.5) is 10.5 Å². The monoisotopic (exact) mass is 378 g/mol. The normalized spacial score (nSPS) is 16.6. The van der Waals surface area contributed by atoms with E-state index < -0.39 is 34.5 Å². The van der Waals surface area contributed by atoms with Gasteiger partial charge in [-0.05, 0) is 45.7 Å². The highest BCUT2D eigenvalue weighted by atomic mass is 16.6. The summed E-state index contributed by atoms with van der Waals surface area (Å²) in [4.78, 5) is 48.0. The Morgan fingerprint density at radius 3 is 2.37 bits per heavy atom. The molecule has 1 saturated heterocycles. The van der Waals surface area contributed by atoms with Gasteiger partial charge >= 0.3 is 6.09 Å². The number of rotatable bonds is 3. The number of nitrogens with one attached hydrogen (secondary N) is 2. The smallest absolute Gasteiger partial charge is 0.410 e. The van der Waals surface area contributed by atoms with Crippen LogP contribution in [0.25, 0.3) is 0 Å². The van der Waals surface area contributed by atoms with Gasteiger partial charge in [-0.3, -0.25) is 35.5 Å². The van der Waals surface area contributed by atoms with E-state index >= 15 is 0 Å². The van der Waals surface area contributed by atoms with Crippen molar-refractivity contribution in [1.82, 2.24) is 15.8 Å². The number of ether oxygens (including phenoxy) is 1. The summed E-state index contributed by atoms with van der Waals surface area (Å²) < 4.78 is 5.29. The van der Waals surface area contributed by atoms with Crippen molar-refractivity contribution in [2.24, 2.45) is 0 Å². The third-order valence-electron chi connectivity index (χ3n) is 3.82. The van der Waals surface area contributed by atoms with Gasteiger partial charge < -0.3 is 4.74 Å². The van der Waals surface area contributed by atoms with Crippen LogP contribution in [0.15, 0.2) is 24.3 Å². The van der Waals surface area contributed by atoms with Crippen LogP contribution in [0.5, 0.6) is 0 Å². The molecule has 0 radical (unpaired) electrons. The molecule has 2 N–H and O–H groups in total. The average Bonchev–Trinajstić information content (AvgIpc) is 3.08. The van der Waals surface area contributed by atoms with E-state index in [0.717, 1.165) is 0 Å². The van der Waals surface area contributed by atoms with Crippen molar-refractivity contribution in [3.8, 4) is 0 Å². The summed E-state index contributed by atoms with van der Waals surface area (Å²) in [5.74, 6) is -1.16. The molecular formula is C17H22N4O6. The number of carbonyl (C=O) groups is 3. The molecule has 0 bridgehead atoms. The first-order valence-corrected chi connectivity index (χ1v) is 8.43. The first-order valence-electron chi connectivity index (χ1n) is 8.43. The predicted molar refractivity (Wildman–Crippen MR) is 94.7 cm³/mol. The third kappa shape index (κ3) is 5.40. The van der Waals surface area contributed by atoms with E-state index in [1.807, 2.05) is 0 Å². The molecule has 10 nitrogen and oxygen atoms in total. The van der Waals surface area contributed by atoms with Crippen LogP contribution in [0, 0.1) is 10.1 Å². The lowest BCUT2D eigenvalue weighted by Gasteiger charge is -2.28. The van der Waals surface area contributed by atoms with Crippen LogP contribution in [0.3, 0.4) is 0 Å². The molecule has 0 aromatic heterocycles. The first kappa shape index (κ1) is 20.1. The van der Waals surface area contributed by atoms with Crippen molar-refractivity contribution in [3.05, 3.63) is 39.9 Å². The summed E-state index contributed by atoms with van der Waals surface area (Å²) in [6.07, 6.45) is 0.522. The van der Waals surface area contributed by atoms with Crippen molar-refractivity contribution in [2.75, 3.05) is 6.54 Å². The molecular weight excluding hydrogens is 356 g/mol. The number of nitro groups is 1. The Labute approximate surface area is 156 Å². The highest BCUT2D eigenvalue weighted by Gasteiger charge is 2.36. The molecule has 146 valence electrons. The number of hydrazine groups is 1. The van der Waals surface area contributed by atoms with Gasteiger partial charge in [0.2, 0.25) is 0 Å². The average molecular weight is 378 g/mol. The fourth-order valence-electron chi connectivity index (χ4n) is 2.59. The van der Waals surface area contributed by atoms with Gasteiger partial charge in [-0.2, -0.15) is 0 Å². The zero-order valence-electron chi connectivity index (χ0n) is 15.4. The molecule has 1 aliphatic rings. The molecule has 1 atom stereocenters. The number of benzene rings is 1. The molecule has 0 saturated carbocycles. The first-order chi connectivity index (χ1) is 12.6. The zero-order chi connectivity index (χ0) is 20.2.